The highest BCUT2D eigenvalue weighted by Crippen LogP contribution is 2.19. The van der Waals surface area contributed by atoms with E-state index in [1.807, 2.05) is 27.7 Å². The van der Waals surface area contributed by atoms with E-state index in [0.29, 0.717) is 26.2 Å². The smallest absolute Gasteiger partial charge is 0.282 e. The Morgan fingerprint density at radius 3 is 2.00 bits per heavy atom. The van der Waals surface area contributed by atoms with Crippen molar-refractivity contribution in [3.8, 4) is 0 Å². The summed E-state index contributed by atoms with van der Waals surface area (Å²) in [5.41, 5.74) is 5.78. The first-order valence-corrected chi connectivity index (χ1v) is 9.39. The summed E-state index contributed by atoms with van der Waals surface area (Å²) in [5.74, 6) is 0. The lowest BCUT2D eigenvalue weighted by Gasteiger charge is -2.41. The van der Waals surface area contributed by atoms with Gasteiger partial charge >= 0.3 is 0 Å². The Labute approximate surface area is 134 Å². The number of nitrogens with zero attached hydrogens (tertiary/aromatic N) is 3. The molecule has 0 spiro atoms. The van der Waals surface area contributed by atoms with E-state index in [4.69, 9.17) is 10.5 Å². The summed E-state index contributed by atoms with van der Waals surface area (Å²) in [6, 6.07) is 0. The van der Waals surface area contributed by atoms with Crippen molar-refractivity contribution >= 4 is 10.2 Å². The molecular weight excluding hydrogens is 304 g/mol. The van der Waals surface area contributed by atoms with Crippen LogP contribution < -0.4 is 5.73 Å². The molecule has 2 fully saturated rings. The average Bonchev–Trinajstić information content (AvgIpc) is 2.36. The Kier molecular flexibility index (Phi) is 5.51. The van der Waals surface area contributed by atoms with Crippen LogP contribution in [0.25, 0.3) is 0 Å². The SMILES string of the molecule is CC1CN(S(=O)(=O)N2CCN(CC(C)(C)N)CC2)CC(C)O1. The molecule has 0 aromatic heterocycles. The third kappa shape index (κ3) is 4.62. The second kappa shape index (κ2) is 6.70. The molecule has 2 atom stereocenters. The lowest BCUT2D eigenvalue weighted by atomic mass is 10.1. The molecular formula is C14H30N4O3S. The maximum atomic E-state index is 12.8. The minimum absolute atomic E-state index is 0.0575. The Morgan fingerprint density at radius 1 is 1.05 bits per heavy atom. The van der Waals surface area contributed by atoms with Gasteiger partial charge in [0.15, 0.2) is 0 Å². The molecule has 2 aliphatic heterocycles. The average molecular weight is 334 g/mol. The van der Waals surface area contributed by atoms with Crippen molar-refractivity contribution in [2.75, 3.05) is 45.8 Å². The van der Waals surface area contributed by atoms with Crippen molar-refractivity contribution in [3.63, 3.8) is 0 Å². The van der Waals surface area contributed by atoms with Gasteiger partial charge in [-0.25, -0.2) is 0 Å². The summed E-state index contributed by atoms with van der Waals surface area (Å²) in [4.78, 5) is 2.23. The second-order valence-corrected chi connectivity index (χ2v) is 9.17. The van der Waals surface area contributed by atoms with Gasteiger partial charge in [0.25, 0.3) is 10.2 Å². The topological polar surface area (TPSA) is 79.1 Å². The highest BCUT2D eigenvalue weighted by molar-refractivity contribution is 7.86. The first-order valence-electron chi connectivity index (χ1n) is 8.00. The number of nitrogens with two attached hydrogens (primary N) is 1. The number of hydrogen-bond acceptors (Lipinski definition) is 5. The summed E-state index contributed by atoms with van der Waals surface area (Å²) < 4.78 is 34.3. The van der Waals surface area contributed by atoms with Gasteiger partial charge in [0.2, 0.25) is 0 Å². The van der Waals surface area contributed by atoms with E-state index < -0.39 is 10.2 Å². The monoisotopic (exact) mass is 334 g/mol. The van der Waals surface area contributed by atoms with Crippen LogP contribution in [0.5, 0.6) is 0 Å². The van der Waals surface area contributed by atoms with Crippen LogP contribution in [0.4, 0.5) is 0 Å². The van der Waals surface area contributed by atoms with Gasteiger partial charge in [-0.15, -0.1) is 0 Å². The Morgan fingerprint density at radius 2 is 1.55 bits per heavy atom. The van der Waals surface area contributed by atoms with Gasteiger partial charge in [-0.05, 0) is 27.7 Å². The van der Waals surface area contributed by atoms with E-state index in [-0.39, 0.29) is 17.7 Å². The van der Waals surface area contributed by atoms with Gasteiger partial charge in [-0.1, -0.05) is 0 Å². The van der Waals surface area contributed by atoms with Crippen molar-refractivity contribution in [2.45, 2.75) is 45.4 Å². The minimum atomic E-state index is -3.39. The molecule has 0 aromatic carbocycles. The number of ether oxygens (including phenoxy) is 1. The normalized spacial score (nSPS) is 30.6. The fourth-order valence-electron chi connectivity index (χ4n) is 3.18. The van der Waals surface area contributed by atoms with Crippen LogP contribution in [0.2, 0.25) is 0 Å². The zero-order valence-electron chi connectivity index (χ0n) is 14.2. The Hall–Kier alpha value is -0.250. The minimum Gasteiger partial charge on any atom is -0.373 e. The molecule has 0 bridgehead atoms. The number of morpholine rings is 1. The quantitative estimate of drug-likeness (QED) is 0.763. The molecule has 2 N–H and O–H groups in total. The van der Waals surface area contributed by atoms with Crippen LogP contribution in [-0.2, 0) is 14.9 Å². The molecule has 130 valence electrons. The number of piperazine rings is 1. The Bertz CT molecular complexity index is 459. The fraction of sp³-hybridized carbons (Fsp3) is 1.00. The predicted molar refractivity (Wildman–Crippen MR) is 86.8 cm³/mol. The lowest BCUT2D eigenvalue weighted by Crippen LogP contribution is -2.58. The number of hydrogen-bond donors (Lipinski definition) is 1. The zero-order valence-corrected chi connectivity index (χ0v) is 15.0. The highest BCUT2D eigenvalue weighted by atomic mass is 32.2. The molecule has 7 nitrogen and oxygen atoms in total. The molecule has 2 saturated heterocycles. The van der Waals surface area contributed by atoms with Crippen LogP contribution in [0.15, 0.2) is 0 Å². The van der Waals surface area contributed by atoms with Crippen LogP contribution in [-0.4, -0.2) is 85.5 Å². The summed E-state index contributed by atoms with van der Waals surface area (Å²) in [6.07, 6.45) is -0.115. The van der Waals surface area contributed by atoms with Crippen LogP contribution in [0.3, 0.4) is 0 Å². The third-order valence-electron chi connectivity index (χ3n) is 4.00. The summed E-state index contributed by atoms with van der Waals surface area (Å²) in [6.45, 7) is 12.0. The second-order valence-electron chi connectivity index (χ2n) is 7.25. The molecule has 0 aliphatic carbocycles. The number of rotatable bonds is 4. The van der Waals surface area contributed by atoms with Gasteiger partial charge in [0.05, 0.1) is 12.2 Å². The van der Waals surface area contributed by atoms with E-state index in [1.54, 1.807) is 8.61 Å². The van der Waals surface area contributed by atoms with Crippen LogP contribution in [0, 0.1) is 0 Å². The van der Waals surface area contributed by atoms with Gasteiger partial charge in [-0.2, -0.15) is 17.0 Å². The van der Waals surface area contributed by atoms with Crippen molar-refractivity contribution in [2.24, 2.45) is 5.73 Å². The maximum absolute atomic E-state index is 12.8. The molecule has 0 amide bonds. The molecule has 2 rings (SSSR count). The van der Waals surface area contributed by atoms with Gasteiger partial charge < -0.3 is 10.5 Å². The molecule has 2 aliphatic rings. The van der Waals surface area contributed by atoms with E-state index in [0.717, 1.165) is 19.6 Å². The zero-order chi connectivity index (χ0) is 16.5. The first-order chi connectivity index (χ1) is 10.1. The summed E-state index contributed by atoms with van der Waals surface area (Å²) in [7, 11) is -3.39. The maximum Gasteiger partial charge on any atom is 0.282 e. The lowest BCUT2D eigenvalue weighted by molar-refractivity contribution is -0.0458. The molecule has 0 radical (unpaired) electrons. The van der Waals surface area contributed by atoms with E-state index in [2.05, 4.69) is 4.90 Å². The van der Waals surface area contributed by atoms with Gasteiger partial charge in [0, 0.05) is 51.4 Å². The molecule has 8 heteroatoms. The van der Waals surface area contributed by atoms with E-state index >= 15 is 0 Å². The van der Waals surface area contributed by atoms with Crippen molar-refractivity contribution in [1.82, 2.24) is 13.5 Å². The predicted octanol–water partition coefficient (Wildman–Crippen LogP) is -0.305. The van der Waals surface area contributed by atoms with Crippen LogP contribution in [0.1, 0.15) is 27.7 Å². The van der Waals surface area contributed by atoms with Crippen molar-refractivity contribution in [1.29, 1.82) is 0 Å². The molecule has 22 heavy (non-hydrogen) atoms. The molecule has 0 aromatic rings. The highest BCUT2D eigenvalue weighted by Gasteiger charge is 2.36. The summed E-state index contributed by atoms with van der Waals surface area (Å²) >= 11 is 0. The molecule has 0 saturated carbocycles. The fourth-order valence-corrected chi connectivity index (χ4v) is 4.93. The van der Waals surface area contributed by atoms with E-state index in [9.17, 15) is 8.42 Å². The standard InChI is InChI=1S/C14H30N4O3S/c1-12-9-18(10-13(2)21-12)22(19,20)17-7-5-16(6-8-17)11-14(3,4)15/h12-13H,5-11,15H2,1-4H3. The van der Waals surface area contributed by atoms with Gasteiger partial charge in [-0.3, -0.25) is 4.90 Å². The van der Waals surface area contributed by atoms with Crippen LogP contribution >= 0.6 is 0 Å². The third-order valence-corrected chi connectivity index (χ3v) is 5.97. The van der Waals surface area contributed by atoms with E-state index in [1.165, 1.54) is 0 Å². The Balaban J connectivity index is 1.95. The molecule has 2 unspecified atom stereocenters. The summed E-state index contributed by atoms with van der Waals surface area (Å²) in [5, 5.41) is 0. The van der Waals surface area contributed by atoms with Gasteiger partial charge in [0.1, 0.15) is 0 Å². The van der Waals surface area contributed by atoms with Crippen molar-refractivity contribution in [3.05, 3.63) is 0 Å². The first kappa shape index (κ1) is 18.1. The largest absolute Gasteiger partial charge is 0.373 e. The molecule has 2 heterocycles. The van der Waals surface area contributed by atoms with Crippen molar-refractivity contribution < 1.29 is 13.2 Å².